The van der Waals surface area contributed by atoms with E-state index in [2.05, 4.69) is 54.6 Å². The minimum atomic E-state index is 0.625. The first-order valence-electron chi connectivity index (χ1n) is 13.3. The van der Waals surface area contributed by atoms with Gasteiger partial charge in [0.15, 0.2) is 17.5 Å². The van der Waals surface area contributed by atoms with Crippen LogP contribution in [0.4, 0.5) is 0 Å². The molecule has 8 rings (SSSR count). The highest BCUT2D eigenvalue weighted by Gasteiger charge is 2.14. The molecule has 0 saturated carbocycles. The Kier molecular flexibility index (Phi) is 5.57. The first-order valence-corrected chi connectivity index (χ1v) is 14.1. The van der Waals surface area contributed by atoms with Gasteiger partial charge in [-0.15, -0.1) is 11.3 Å². The minimum Gasteiger partial charge on any atom is -0.254 e. The third kappa shape index (κ3) is 4.31. The molecule has 0 saturated heterocycles. The zero-order chi connectivity index (χ0) is 27.2. The fourth-order valence-corrected chi connectivity index (χ4v) is 6.19. The van der Waals surface area contributed by atoms with Crippen LogP contribution < -0.4 is 0 Å². The van der Waals surface area contributed by atoms with Gasteiger partial charge < -0.3 is 0 Å². The van der Waals surface area contributed by atoms with Gasteiger partial charge in [-0.05, 0) is 29.7 Å². The molecule has 0 aliphatic carbocycles. The molecule has 8 aromatic rings. The molecule has 0 fully saturated rings. The normalized spacial score (nSPS) is 11.4. The standard InChI is InChI=1S/C35H21N5S/c1-3-9-22(10-4-1)33-38-34(23-11-5-2-6-12-23)40-35(39-33)25-16-15-24-18-29(36-20-26(24)17-25)30-19-28-27-13-7-8-14-31(27)41-32(28)21-37-30/h1-21H. The number of rotatable bonds is 4. The van der Waals surface area contributed by atoms with Crippen molar-refractivity contribution in [2.24, 2.45) is 0 Å². The van der Waals surface area contributed by atoms with Gasteiger partial charge in [0, 0.05) is 49.9 Å². The van der Waals surface area contributed by atoms with Crippen molar-refractivity contribution in [1.82, 2.24) is 24.9 Å². The van der Waals surface area contributed by atoms with Gasteiger partial charge in [-0.2, -0.15) is 0 Å². The number of benzene rings is 4. The fourth-order valence-electron chi connectivity index (χ4n) is 5.13. The van der Waals surface area contributed by atoms with Crippen molar-refractivity contribution < 1.29 is 0 Å². The van der Waals surface area contributed by atoms with Crippen LogP contribution in [0.5, 0.6) is 0 Å². The number of hydrogen-bond acceptors (Lipinski definition) is 6. The van der Waals surface area contributed by atoms with Gasteiger partial charge in [0.2, 0.25) is 0 Å². The van der Waals surface area contributed by atoms with E-state index in [1.807, 2.05) is 73.1 Å². The number of nitrogens with zero attached hydrogens (tertiary/aromatic N) is 5. The van der Waals surface area contributed by atoms with E-state index in [0.717, 1.165) is 38.9 Å². The Morgan fingerprint density at radius 3 is 1.76 bits per heavy atom. The van der Waals surface area contributed by atoms with Crippen molar-refractivity contribution in [3.05, 3.63) is 128 Å². The summed E-state index contributed by atoms with van der Waals surface area (Å²) in [5.41, 5.74) is 4.52. The van der Waals surface area contributed by atoms with E-state index in [1.165, 1.54) is 20.2 Å². The van der Waals surface area contributed by atoms with Crippen molar-refractivity contribution in [1.29, 1.82) is 0 Å². The molecule has 41 heavy (non-hydrogen) atoms. The molecule has 0 bridgehead atoms. The van der Waals surface area contributed by atoms with E-state index >= 15 is 0 Å². The maximum Gasteiger partial charge on any atom is 0.164 e. The Balaban J connectivity index is 1.21. The fraction of sp³-hybridized carbons (Fsp3) is 0. The second kappa shape index (κ2) is 9.70. The van der Waals surface area contributed by atoms with E-state index in [1.54, 1.807) is 11.3 Å². The van der Waals surface area contributed by atoms with Crippen LogP contribution in [0.25, 0.3) is 76.5 Å². The van der Waals surface area contributed by atoms with Gasteiger partial charge in [-0.3, -0.25) is 9.97 Å². The Labute approximate surface area is 239 Å². The number of thiophene rings is 1. The predicted molar refractivity (Wildman–Crippen MR) is 168 cm³/mol. The van der Waals surface area contributed by atoms with E-state index in [9.17, 15) is 0 Å². The maximum atomic E-state index is 4.87. The third-order valence-corrected chi connectivity index (χ3v) is 8.33. The summed E-state index contributed by atoms with van der Waals surface area (Å²) in [5.74, 6) is 1.91. The molecular weight excluding hydrogens is 522 g/mol. The molecule has 0 spiro atoms. The summed E-state index contributed by atoms with van der Waals surface area (Å²) in [6.45, 7) is 0. The molecule has 0 aliphatic heterocycles. The second-order valence-electron chi connectivity index (χ2n) is 9.83. The van der Waals surface area contributed by atoms with Crippen molar-refractivity contribution in [3.63, 3.8) is 0 Å². The lowest BCUT2D eigenvalue weighted by Gasteiger charge is -2.09. The van der Waals surface area contributed by atoms with Crippen molar-refractivity contribution in [3.8, 4) is 45.6 Å². The molecule has 4 aromatic carbocycles. The molecule has 4 aromatic heterocycles. The Morgan fingerprint density at radius 1 is 0.415 bits per heavy atom. The molecule has 192 valence electrons. The molecule has 6 heteroatoms. The van der Waals surface area contributed by atoms with E-state index in [4.69, 9.17) is 24.9 Å². The highest BCUT2D eigenvalue weighted by atomic mass is 32.1. The van der Waals surface area contributed by atoms with Crippen LogP contribution in [0.3, 0.4) is 0 Å². The van der Waals surface area contributed by atoms with Crippen LogP contribution in [0.1, 0.15) is 0 Å². The molecule has 0 unspecified atom stereocenters. The summed E-state index contributed by atoms with van der Waals surface area (Å²) in [6.07, 6.45) is 3.86. The van der Waals surface area contributed by atoms with E-state index < -0.39 is 0 Å². The first-order chi connectivity index (χ1) is 20.3. The first kappa shape index (κ1) is 23.5. The molecule has 4 heterocycles. The highest BCUT2D eigenvalue weighted by Crippen LogP contribution is 2.35. The highest BCUT2D eigenvalue weighted by molar-refractivity contribution is 7.25. The lowest BCUT2D eigenvalue weighted by Crippen LogP contribution is -2.00. The van der Waals surface area contributed by atoms with E-state index in [-0.39, 0.29) is 0 Å². The van der Waals surface area contributed by atoms with Crippen LogP contribution in [-0.2, 0) is 0 Å². The van der Waals surface area contributed by atoms with Crippen LogP contribution >= 0.6 is 11.3 Å². The maximum absolute atomic E-state index is 4.87. The number of fused-ring (bicyclic) bond motifs is 4. The van der Waals surface area contributed by atoms with Crippen LogP contribution in [-0.4, -0.2) is 24.9 Å². The van der Waals surface area contributed by atoms with Gasteiger partial charge in [0.05, 0.1) is 16.1 Å². The van der Waals surface area contributed by atoms with E-state index in [0.29, 0.717) is 17.5 Å². The summed E-state index contributed by atoms with van der Waals surface area (Å²) < 4.78 is 2.45. The van der Waals surface area contributed by atoms with Crippen LogP contribution in [0.2, 0.25) is 0 Å². The van der Waals surface area contributed by atoms with Gasteiger partial charge in [0.25, 0.3) is 0 Å². The minimum absolute atomic E-state index is 0.625. The van der Waals surface area contributed by atoms with Gasteiger partial charge in [-0.1, -0.05) is 91.0 Å². The van der Waals surface area contributed by atoms with Gasteiger partial charge in [0.1, 0.15) is 0 Å². The third-order valence-electron chi connectivity index (χ3n) is 7.21. The van der Waals surface area contributed by atoms with Gasteiger partial charge >= 0.3 is 0 Å². The molecule has 0 N–H and O–H groups in total. The summed E-state index contributed by atoms with van der Waals surface area (Å²) >= 11 is 1.77. The Hall–Kier alpha value is -5.33. The number of aromatic nitrogens is 5. The Morgan fingerprint density at radius 2 is 1.02 bits per heavy atom. The Bertz CT molecular complexity index is 2150. The molecule has 0 amide bonds. The van der Waals surface area contributed by atoms with Crippen LogP contribution in [0, 0.1) is 0 Å². The SMILES string of the molecule is c1ccc(-c2nc(-c3ccccc3)nc(-c3ccc4cc(-c5cc6c(cn5)sc5ccccc56)ncc4c3)n2)cc1. The molecule has 0 radical (unpaired) electrons. The summed E-state index contributed by atoms with van der Waals surface area (Å²) in [5, 5.41) is 4.56. The zero-order valence-electron chi connectivity index (χ0n) is 21.8. The summed E-state index contributed by atoms with van der Waals surface area (Å²) in [4.78, 5) is 24.1. The van der Waals surface area contributed by atoms with Gasteiger partial charge in [-0.25, -0.2) is 15.0 Å². The van der Waals surface area contributed by atoms with Crippen molar-refractivity contribution in [2.75, 3.05) is 0 Å². The monoisotopic (exact) mass is 543 g/mol. The van der Waals surface area contributed by atoms with Crippen molar-refractivity contribution in [2.45, 2.75) is 0 Å². The summed E-state index contributed by atoms with van der Waals surface area (Å²) in [7, 11) is 0. The van der Waals surface area contributed by atoms with Crippen molar-refractivity contribution >= 4 is 42.3 Å². The zero-order valence-corrected chi connectivity index (χ0v) is 22.6. The molecule has 5 nitrogen and oxygen atoms in total. The predicted octanol–water partition coefficient (Wildman–Crippen LogP) is 8.85. The average molecular weight is 544 g/mol. The molecule has 0 aliphatic rings. The second-order valence-corrected chi connectivity index (χ2v) is 10.9. The smallest absolute Gasteiger partial charge is 0.164 e. The largest absolute Gasteiger partial charge is 0.254 e. The number of pyridine rings is 2. The quantitative estimate of drug-likeness (QED) is 0.222. The van der Waals surface area contributed by atoms with Crippen LogP contribution in [0.15, 0.2) is 128 Å². The number of hydrogen-bond donors (Lipinski definition) is 0. The lowest BCUT2D eigenvalue weighted by atomic mass is 10.1. The lowest BCUT2D eigenvalue weighted by molar-refractivity contribution is 1.07. The summed E-state index contributed by atoms with van der Waals surface area (Å²) in [6, 6.07) is 39.0. The molecule has 0 atom stereocenters. The topological polar surface area (TPSA) is 64.5 Å². The average Bonchev–Trinajstić information content (AvgIpc) is 3.43. The molecular formula is C35H21N5S.